The van der Waals surface area contributed by atoms with Crippen LogP contribution in [0.2, 0.25) is 0 Å². The molecule has 2 heterocycles. The molecular formula is C11H17N3O6. The summed E-state index contributed by atoms with van der Waals surface area (Å²) in [6, 6.07) is 1.10. The Morgan fingerprint density at radius 1 is 1.50 bits per heavy atom. The van der Waals surface area contributed by atoms with Gasteiger partial charge in [-0.3, -0.25) is 19.7 Å². The summed E-state index contributed by atoms with van der Waals surface area (Å²) >= 11 is 0. The summed E-state index contributed by atoms with van der Waals surface area (Å²) in [5.74, 6) is 0. The number of hydrogen-bond donors (Lipinski definition) is 4. The van der Waals surface area contributed by atoms with Gasteiger partial charge in [-0.25, -0.2) is 4.79 Å². The molecule has 9 nitrogen and oxygen atoms in total. The fourth-order valence-electron chi connectivity index (χ4n) is 2.29. The Labute approximate surface area is 113 Å². The number of nitrogens with zero attached hydrogens (tertiary/aromatic N) is 2. The first-order valence-electron chi connectivity index (χ1n) is 5.94. The topological polar surface area (TPSA) is 140 Å². The van der Waals surface area contributed by atoms with Crippen molar-refractivity contribution in [2.45, 2.75) is 30.6 Å². The summed E-state index contributed by atoms with van der Waals surface area (Å²) in [6.07, 6.45) is -1.63. The van der Waals surface area contributed by atoms with Gasteiger partial charge in [0.05, 0.1) is 6.61 Å². The van der Waals surface area contributed by atoms with Gasteiger partial charge in [-0.15, -0.1) is 0 Å². The molecular weight excluding hydrogens is 270 g/mol. The molecule has 0 unspecified atom stereocenters. The van der Waals surface area contributed by atoms with E-state index in [0.717, 1.165) is 21.4 Å². The quantitative estimate of drug-likeness (QED) is 0.416. The predicted molar refractivity (Wildman–Crippen MR) is 66.7 cm³/mol. The molecule has 1 saturated heterocycles. The third kappa shape index (κ3) is 1.75. The number of rotatable bonds is 2. The molecule has 112 valence electrons. The summed E-state index contributed by atoms with van der Waals surface area (Å²) in [5.41, 5.74) is 0.225. The molecule has 0 aliphatic carbocycles. The van der Waals surface area contributed by atoms with Crippen LogP contribution in [0.25, 0.3) is 0 Å². The number of ether oxygens (including phenoxy) is 1. The molecule has 2 rings (SSSR count). The van der Waals surface area contributed by atoms with Gasteiger partial charge in [0.2, 0.25) is 0 Å². The molecule has 4 atom stereocenters. The van der Waals surface area contributed by atoms with Gasteiger partial charge in [-0.1, -0.05) is 0 Å². The Morgan fingerprint density at radius 2 is 2.10 bits per heavy atom. The van der Waals surface area contributed by atoms with Gasteiger partial charge in [-0.2, -0.15) is 0 Å². The van der Waals surface area contributed by atoms with Crippen LogP contribution >= 0.6 is 0 Å². The summed E-state index contributed by atoms with van der Waals surface area (Å²) in [6.45, 7) is 0.703. The average molecular weight is 287 g/mol. The Kier molecular flexibility index (Phi) is 3.35. The summed E-state index contributed by atoms with van der Waals surface area (Å²) in [7, 11) is 1.26. The lowest BCUT2D eigenvalue weighted by atomic mass is 9.96. The van der Waals surface area contributed by atoms with Crippen molar-refractivity contribution in [1.29, 1.82) is 0 Å². The van der Waals surface area contributed by atoms with Crippen LogP contribution in [0.3, 0.4) is 0 Å². The smallest absolute Gasteiger partial charge is 0.333 e. The van der Waals surface area contributed by atoms with Gasteiger partial charge in [0, 0.05) is 19.3 Å². The Morgan fingerprint density at radius 3 is 2.60 bits per heavy atom. The highest BCUT2D eigenvalue weighted by Gasteiger charge is 2.62. The van der Waals surface area contributed by atoms with E-state index in [0.29, 0.717) is 0 Å². The van der Waals surface area contributed by atoms with Crippen LogP contribution < -0.4 is 17.0 Å². The van der Waals surface area contributed by atoms with Crippen LogP contribution in [0.1, 0.15) is 6.92 Å². The SMILES string of the molecule is Cn1c(=O)ccn([C@]2(C)O[C@H](CO)[C@@H](O)[C@@]2(N)O)c1=O. The monoisotopic (exact) mass is 287 g/mol. The first kappa shape index (κ1) is 14.9. The maximum atomic E-state index is 12.1. The molecule has 1 aromatic rings. The van der Waals surface area contributed by atoms with Crippen molar-refractivity contribution in [1.82, 2.24) is 9.13 Å². The minimum absolute atomic E-state index is 0.535. The second-order valence-corrected chi connectivity index (χ2v) is 4.96. The minimum atomic E-state index is -2.32. The van der Waals surface area contributed by atoms with Gasteiger partial charge in [0.1, 0.15) is 12.2 Å². The summed E-state index contributed by atoms with van der Waals surface area (Å²) in [4.78, 5) is 23.5. The van der Waals surface area contributed by atoms with Crippen LogP contribution in [0, 0.1) is 0 Å². The molecule has 0 radical (unpaired) electrons. The minimum Gasteiger partial charge on any atom is -0.394 e. The first-order chi connectivity index (χ1) is 9.16. The Balaban J connectivity index is 2.65. The fourth-order valence-corrected chi connectivity index (χ4v) is 2.29. The zero-order valence-corrected chi connectivity index (χ0v) is 11.1. The zero-order chi connectivity index (χ0) is 15.3. The number of aromatic nitrogens is 2. The second-order valence-electron chi connectivity index (χ2n) is 4.96. The molecule has 0 bridgehead atoms. The molecule has 1 fully saturated rings. The lowest BCUT2D eigenvalue weighted by Gasteiger charge is -2.37. The van der Waals surface area contributed by atoms with E-state index in [9.17, 15) is 19.8 Å². The van der Waals surface area contributed by atoms with Crippen LogP contribution in [0.5, 0.6) is 0 Å². The van der Waals surface area contributed by atoms with E-state index in [1.807, 2.05) is 0 Å². The van der Waals surface area contributed by atoms with Gasteiger partial charge < -0.3 is 20.1 Å². The maximum absolute atomic E-state index is 12.1. The maximum Gasteiger partial charge on any atom is 0.333 e. The van der Waals surface area contributed by atoms with Gasteiger partial charge in [0.15, 0.2) is 11.4 Å². The normalized spacial score (nSPS) is 37.3. The Hall–Kier alpha value is -1.52. The van der Waals surface area contributed by atoms with Crippen molar-refractivity contribution in [3.63, 3.8) is 0 Å². The van der Waals surface area contributed by atoms with Crippen molar-refractivity contribution in [3.05, 3.63) is 33.1 Å². The Bertz CT molecular complexity index is 636. The lowest BCUT2D eigenvalue weighted by molar-refractivity contribution is -0.184. The molecule has 0 aromatic carbocycles. The van der Waals surface area contributed by atoms with E-state index in [2.05, 4.69) is 0 Å². The van der Waals surface area contributed by atoms with Crippen LogP contribution in [-0.2, 0) is 17.5 Å². The third-order valence-corrected chi connectivity index (χ3v) is 3.76. The number of aliphatic hydroxyl groups is 3. The highest BCUT2D eigenvalue weighted by molar-refractivity contribution is 5.06. The third-order valence-electron chi connectivity index (χ3n) is 3.76. The summed E-state index contributed by atoms with van der Waals surface area (Å²) in [5, 5.41) is 29.3. The van der Waals surface area contributed by atoms with Crippen molar-refractivity contribution in [2.24, 2.45) is 12.8 Å². The molecule has 0 amide bonds. The molecule has 1 aromatic heterocycles. The molecule has 1 aliphatic heterocycles. The first-order valence-corrected chi connectivity index (χ1v) is 5.94. The lowest BCUT2D eigenvalue weighted by Crippen LogP contribution is -2.65. The van der Waals surface area contributed by atoms with Crippen molar-refractivity contribution in [2.75, 3.05) is 6.61 Å². The van der Waals surface area contributed by atoms with Crippen LogP contribution in [-0.4, -0.2) is 49.0 Å². The van der Waals surface area contributed by atoms with Crippen molar-refractivity contribution in [3.8, 4) is 0 Å². The van der Waals surface area contributed by atoms with Gasteiger partial charge >= 0.3 is 5.69 Å². The standard InChI is InChI=1S/C11H17N3O6/c1-10(11(12,19)8(17)6(5-15)20-10)14-4-3-7(16)13(2)9(14)18/h3-4,6,8,15,17,19H,5,12H2,1-2H3/t6-,8-,10-,11-/m1/s1. The van der Waals surface area contributed by atoms with E-state index in [-0.39, 0.29) is 0 Å². The van der Waals surface area contributed by atoms with E-state index >= 15 is 0 Å². The van der Waals surface area contributed by atoms with Crippen molar-refractivity contribution >= 4 is 0 Å². The second kappa shape index (κ2) is 4.50. The van der Waals surface area contributed by atoms with Crippen LogP contribution in [0.15, 0.2) is 21.9 Å². The number of hydrogen-bond acceptors (Lipinski definition) is 7. The van der Waals surface area contributed by atoms with Gasteiger partial charge in [-0.05, 0) is 6.92 Å². The molecule has 5 N–H and O–H groups in total. The number of nitrogens with two attached hydrogens (primary N) is 1. The van der Waals surface area contributed by atoms with Crippen LogP contribution in [0.4, 0.5) is 0 Å². The van der Waals surface area contributed by atoms with E-state index in [1.165, 1.54) is 14.0 Å². The number of aliphatic hydroxyl groups excluding tert-OH is 2. The average Bonchev–Trinajstić information content (AvgIpc) is 2.57. The van der Waals surface area contributed by atoms with E-state index in [4.69, 9.17) is 15.6 Å². The molecule has 9 heteroatoms. The molecule has 1 aliphatic rings. The fraction of sp³-hybridized carbons (Fsp3) is 0.636. The van der Waals surface area contributed by atoms with E-state index in [1.54, 1.807) is 0 Å². The zero-order valence-electron chi connectivity index (χ0n) is 11.1. The highest BCUT2D eigenvalue weighted by atomic mass is 16.6. The van der Waals surface area contributed by atoms with E-state index < -0.39 is 41.5 Å². The summed E-state index contributed by atoms with van der Waals surface area (Å²) < 4.78 is 7.08. The molecule has 0 saturated carbocycles. The predicted octanol–water partition coefficient (Wildman–Crippen LogP) is -3.38. The molecule has 20 heavy (non-hydrogen) atoms. The molecule has 0 spiro atoms. The van der Waals surface area contributed by atoms with Crippen molar-refractivity contribution < 1.29 is 20.1 Å². The largest absolute Gasteiger partial charge is 0.394 e. The highest BCUT2D eigenvalue weighted by Crippen LogP contribution is 2.39. The van der Waals surface area contributed by atoms with Gasteiger partial charge in [0.25, 0.3) is 5.56 Å².